The van der Waals surface area contributed by atoms with E-state index in [1.54, 1.807) is 24.3 Å². The van der Waals surface area contributed by atoms with Gasteiger partial charge in [0.25, 0.3) is 0 Å². The first-order valence-electron chi connectivity index (χ1n) is 8.26. The molecule has 0 N–H and O–H groups in total. The number of allylic oxidation sites excluding steroid dienone is 4. The molecule has 0 aromatic heterocycles. The number of ether oxygens (including phenoxy) is 2. The summed E-state index contributed by atoms with van der Waals surface area (Å²) >= 11 is 0. The van der Waals surface area contributed by atoms with Gasteiger partial charge in [-0.05, 0) is 60.4 Å². The lowest BCUT2D eigenvalue weighted by Crippen LogP contribution is -2.02. The topological polar surface area (TPSA) is 52.6 Å². The zero-order valence-corrected chi connectivity index (χ0v) is 15.4. The van der Waals surface area contributed by atoms with E-state index in [4.69, 9.17) is 9.47 Å². The second-order valence-corrected chi connectivity index (χ2v) is 5.54. The molecule has 0 aliphatic heterocycles. The van der Waals surface area contributed by atoms with Crippen LogP contribution in [0, 0.1) is 0 Å². The van der Waals surface area contributed by atoms with Crippen LogP contribution in [0.2, 0.25) is 0 Å². The molecule has 2 rings (SSSR count). The standard InChI is InChI=1S/C22H22O4/c1-5-19(15-7-11-17(12-8-15)21(23)25-3)20(6-2)16-9-13-18(14-10-16)22(24)26-4/h5-14H,1-4H3. The average molecular weight is 350 g/mol. The van der Waals surface area contributed by atoms with Crippen LogP contribution in [0.4, 0.5) is 0 Å². The summed E-state index contributed by atoms with van der Waals surface area (Å²) in [7, 11) is 2.73. The van der Waals surface area contributed by atoms with Gasteiger partial charge in [-0.15, -0.1) is 0 Å². The summed E-state index contributed by atoms with van der Waals surface area (Å²) in [5.74, 6) is -0.716. The molecule has 2 aromatic carbocycles. The molecule has 4 nitrogen and oxygen atoms in total. The third-order valence-corrected chi connectivity index (χ3v) is 4.10. The molecule has 0 amide bonds. The van der Waals surface area contributed by atoms with Gasteiger partial charge in [0.1, 0.15) is 0 Å². The van der Waals surface area contributed by atoms with Crippen molar-refractivity contribution in [1.29, 1.82) is 0 Å². The zero-order valence-electron chi connectivity index (χ0n) is 15.4. The van der Waals surface area contributed by atoms with E-state index in [9.17, 15) is 9.59 Å². The number of hydrogen-bond donors (Lipinski definition) is 0. The van der Waals surface area contributed by atoms with Crippen molar-refractivity contribution in [3.63, 3.8) is 0 Å². The minimum Gasteiger partial charge on any atom is -0.465 e. The highest BCUT2D eigenvalue weighted by Crippen LogP contribution is 2.31. The number of carbonyl (C=O) groups is 2. The first-order chi connectivity index (χ1) is 12.5. The number of esters is 2. The summed E-state index contributed by atoms with van der Waals surface area (Å²) < 4.78 is 9.48. The Morgan fingerprint density at radius 3 is 1.12 bits per heavy atom. The molecule has 0 heterocycles. The molecule has 0 atom stereocenters. The SMILES string of the molecule is CC=C(C(=CC)c1ccc(C(=O)OC)cc1)c1ccc(C(=O)OC)cc1. The molecular formula is C22H22O4. The number of methoxy groups -OCH3 is 2. The van der Waals surface area contributed by atoms with Gasteiger partial charge in [0.2, 0.25) is 0 Å². The number of hydrogen-bond acceptors (Lipinski definition) is 4. The molecule has 134 valence electrons. The minimum absolute atomic E-state index is 0.358. The van der Waals surface area contributed by atoms with E-state index < -0.39 is 0 Å². The maximum Gasteiger partial charge on any atom is 0.337 e. The van der Waals surface area contributed by atoms with Gasteiger partial charge in [-0.25, -0.2) is 9.59 Å². The molecular weight excluding hydrogens is 328 g/mol. The number of benzene rings is 2. The van der Waals surface area contributed by atoms with Crippen molar-refractivity contribution in [2.45, 2.75) is 13.8 Å². The largest absolute Gasteiger partial charge is 0.465 e. The van der Waals surface area contributed by atoms with Gasteiger partial charge in [0.15, 0.2) is 0 Å². The molecule has 0 saturated carbocycles. The molecule has 0 bridgehead atoms. The van der Waals surface area contributed by atoms with E-state index >= 15 is 0 Å². The molecule has 0 fully saturated rings. The molecule has 26 heavy (non-hydrogen) atoms. The molecule has 0 aliphatic rings. The van der Waals surface area contributed by atoms with E-state index in [2.05, 4.69) is 0 Å². The summed E-state index contributed by atoms with van der Waals surface area (Å²) in [6, 6.07) is 14.6. The lowest BCUT2D eigenvalue weighted by molar-refractivity contribution is 0.0592. The van der Waals surface area contributed by atoms with Crippen LogP contribution in [0.3, 0.4) is 0 Å². The predicted octanol–water partition coefficient (Wildman–Crippen LogP) is 4.77. The lowest BCUT2D eigenvalue weighted by atomic mass is 9.91. The van der Waals surface area contributed by atoms with Crippen LogP contribution in [-0.2, 0) is 9.47 Å². The van der Waals surface area contributed by atoms with Crippen molar-refractivity contribution >= 4 is 23.1 Å². The third-order valence-electron chi connectivity index (χ3n) is 4.10. The highest BCUT2D eigenvalue weighted by atomic mass is 16.5. The Balaban J connectivity index is 2.35. The Bertz CT molecular complexity index is 767. The van der Waals surface area contributed by atoms with Crippen LogP contribution in [0.1, 0.15) is 45.7 Å². The second-order valence-electron chi connectivity index (χ2n) is 5.54. The average Bonchev–Trinajstić information content (AvgIpc) is 2.71. The van der Waals surface area contributed by atoms with E-state index in [-0.39, 0.29) is 11.9 Å². The quantitative estimate of drug-likeness (QED) is 0.576. The van der Waals surface area contributed by atoms with Gasteiger partial charge in [-0.2, -0.15) is 0 Å². The van der Waals surface area contributed by atoms with Crippen LogP contribution >= 0.6 is 0 Å². The number of rotatable bonds is 5. The van der Waals surface area contributed by atoms with Crippen LogP contribution in [0.15, 0.2) is 60.7 Å². The zero-order chi connectivity index (χ0) is 19.1. The van der Waals surface area contributed by atoms with Gasteiger partial charge >= 0.3 is 11.9 Å². The van der Waals surface area contributed by atoms with Gasteiger partial charge < -0.3 is 9.47 Å². The summed E-state index contributed by atoms with van der Waals surface area (Å²) in [5.41, 5.74) is 5.08. The summed E-state index contributed by atoms with van der Waals surface area (Å²) in [6.07, 6.45) is 4.05. The fourth-order valence-electron chi connectivity index (χ4n) is 2.76. The summed E-state index contributed by atoms with van der Waals surface area (Å²) in [6.45, 7) is 3.94. The van der Waals surface area contributed by atoms with Gasteiger partial charge in [0.05, 0.1) is 25.3 Å². The molecule has 4 heteroatoms. The lowest BCUT2D eigenvalue weighted by Gasteiger charge is -2.14. The van der Waals surface area contributed by atoms with Crippen LogP contribution in [0.25, 0.3) is 11.1 Å². The molecule has 0 spiro atoms. The Hall–Kier alpha value is -3.14. The van der Waals surface area contributed by atoms with Gasteiger partial charge in [-0.3, -0.25) is 0 Å². The fraction of sp³-hybridized carbons (Fsp3) is 0.182. The molecule has 0 saturated heterocycles. The Kier molecular flexibility index (Phi) is 6.50. The predicted molar refractivity (Wildman–Crippen MR) is 103 cm³/mol. The molecule has 0 aliphatic carbocycles. The van der Waals surface area contributed by atoms with Crippen LogP contribution in [0.5, 0.6) is 0 Å². The van der Waals surface area contributed by atoms with Crippen molar-refractivity contribution in [3.05, 3.63) is 82.9 Å². The normalized spacial score (nSPS) is 11.8. The van der Waals surface area contributed by atoms with Crippen molar-refractivity contribution in [3.8, 4) is 0 Å². The second kappa shape index (κ2) is 8.81. The van der Waals surface area contributed by atoms with Gasteiger partial charge in [-0.1, -0.05) is 36.4 Å². The molecule has 0 radical (unpaired) electrons. The van der Waals surface area contributed by atoms with E-state index in [1.165, 1.54) is 14.2 Å². The highest BCUT2D eigenvalue weighted by Gasteiger charge is 2.12. The minimum atomic E-state index is -0.358. The highest BCUT2D eigenvalue weighted by molar-refractivity contribution is 6.05. The molecule has 0 unspecified atom stereocenters. The van der Waals surface area contributed by atoms with E-state index in [0.29, 0.717) is 11.1 Å². The third kappa shape index (κ3) is 4.09. The first-order valence-corrected chi connectivity index (χ1v) is 8.26. The van der Waals surface area contributed by atoms with Crippen molar-refractivity contribution in [2.75, 3.05) is 14.2 Å². The van der Waals surface area contributed by atoms with Crippen molar-refractivity contribution < 1.29 is 19.1 Å². The Morgan fingerprint density at radius 1 is 0.615 bits per heavy atom. The smallest absolute Gasteiger partial charge is 0.337 e. The van der Waals surface area contributed by atoms with Crippen molar-refractivity contribution in [2.24, 2.45) is 0 Å². The van der Waals surface area contributed by atoms with E-state index in [0.717, 1.165) is 22.3 Å². The Morgan fingerprint density at radius 2 is 0.885 bits per heavy atom. The fourth-order valence-corrected chi connectivity index (χ4v) is 2.76. The maximum absolute atomic E-state index is 11.6. The van der Waals surface area contributed by atoms with E-state index in [1.807, 2.05) is 50.3 Å². The summed E-state index contributed by atoms with van der Waals surface area (Å²) in [5, 5.41) is 0. The first kappa shape index (κ1) is 19.2. The van der Waals surface area contributed by atoms with Crippen LogP contribution in [-0.4, -0.2) is 26.2 Å². The monoisotopic (exact) mass is 350 g/mol. The van der Waals surface area contributed by atoms with Crippen LogP contribution < -0.4 is 0 Å². The maximum atomic E-state index is 11.6. The Labute approximate surface area is 153 Å². The van der Waals surface area contributed by atoms with Gasteiger partial charge in [0, 0.05) is 0 Å². The summed E-state index contributed by atoms with van der Waals surface area (Å²) in [4.78, 5) is 23.2. The number of carbonyl (C=O) groups excluding carboxylic acids is 2. The van der Waals surface area contributed by atoms with Crippen molar-refractivity contribution in [1.82, 2.24) is 0 Å². The molecule has 2 aromatic rings.